The average Bonchev–Trinajstić information content (AvgIpc) is 3.39. The zero-order chi connectivity index (χ0) is 21.8. The first kappa shape index (κ1) is 21.2. The third-order valence-corrected chi connectivity index (χ3v) is 5.98. The molecule has 0 atom stereocenters. The van der Waals surface area contributed by atoms with Crippen molar-refractivity contribution < 1.29 is 9.53 Å². The van der Waals surface area contributed by atoms with Gasteiger partial charge in [0.25, 0.3) is 5.91 Å². The minimum atomic E-state index is -0.159. The molecule has 2 aromatic heterocycles. The van der Waals surface area contributed by atoms with Crippen molar-refractivity contribution in [3.63, 3.8) is 0 Å². The quantitative estimate of drug-likeness (QED) is 0.369. The number of halogens is 1. The fraction of sp³-hybridized carbons (Fsp3) is 0.167. The molecule has 5 nitrogen and oxygen atoms in total. The van der Waals surface area contributed by atoms with Gasteiger partial charge in [-0.25, -0.2) is 0 Å². The molecular weight excluding hydrogens is 430 g/mol. The third kappa shape index (κ3) is 5.54. The molecule has 2 heterocycles. The lowest BCUT2D eigenvalue weighted by Crippen LogP contribution is -2.09. The van der Waals surface area contributed by atoms with Gasteiger partial charge in [0, 0.05) is 16.8 Å². The van der Waals surface area contributed by atoms with Crippen molar-refractivity contribution in [2.24, 2.45) is 0 Å². The summed E-state index contributed by atoms with van der Waals surface area (Å²) in [5, 5.41) is 9.86. The fourth-order valence-corrected chi connectivity index (χ4v) is 4.11. The number of hydrogen-bond donors (Lipinski definition) is 1. The van der Waals surface area contributed by atoms with E-state index in [1.165, 1.54) is 16.9 Å². The van der Waals surface area contributed by atoms with Gasteiger partial charge in [0.1, 0.15) is 12.4 Å². The van der Waals surface area contributed by atoms with E-state index in [4.69, 9.17) is 16.3 Å². The summed E-state index contributed by atoms with van der Waals surface area (Å²) in [6.07, 6.45) is 3.49. The number of hydrogen-bond acceptors (Lipinski definition) is 4. The molecule has 0 aliphatic rings. The average molecular weight is 452 g/mol. The first-order valence-corrected chi connectivity index (χ1v) is 11.1. The summed E-state index contributed by atoms with van der Waals surface area (Å²) in [6, 6.07) is 15.7. The number of aromatic nitrogens is 2. The van der Waals surface area contributed by atoms with Gasteiger partial charge in [-0.3, -0.25) is 9.48 Å². The van der Waals surface area contributed by atoms with Crippen LogP contribution in [0, 0.1) is 13.8 Å². The molecule has 0 saturated carbocycles. The Balaban J connectivity index is 1.33. The molecule has 1 amide bonds. The van der Waals surface area contributed by atoms with Gasteiger partial charge in [0.15, 0.2) is 0 Å². The van der Waals surface area contributed by atoms with Gasteiger partial charge in [-0.1, -0.05) is 41.4 Å². The second-order valence-corrected chi connectivity index (χ2v) is 8.73. The van der Waals surface area contributed by atoms with Gasteiger partial charge in [-0.15, -0.1) is 11.3 Å². The lowest BCUT2D eigenvalue weighted by Gasteiger charge is -2.08. The van der Waals surface area contributed by atoms with E-state index in [-0.39, 0.29) is 5.91 Å². The highest BCUT2D eigenvalue weighted by atomic mass is 35.5. The van der Waals surface area contributed by atoms with Crippen LogP contribution in [0.3, 0.4) is 0 Å². The molecule has 0 bridgehead atoms. The molecule has 158 valence electrons. The van der Waals surface area contributed by atoms with Gasteiger partial charge in [-0.05, 0) is 54.6 Å². The van der Waals surface area contributed by atoms with E-state index in [9.17, 15) is 4.79 Å². The molecule has 0 spiro atoms. The number of rotatable bonds is 7. The number of benzene rings is 2. The topological polar surface area (TPSA) is 56.2 Å². The number of amides is 1. The molecular formula is C24H22ClN3O2S. The summed E-state index contributed by atoms with van der Waals surface area (Å²) in [5.41, 5.74) is 4.97. The normalized spacial score (nSPS) is 10.8. The Labute approximate surface area is 190 Å². The zero-order valence-electron chi connectivity index (χ0n) is 17.3. The molecule has 31 heavy (non-hydrogen) atoms. The summed E-state index contributed by atoms with van der Waals surface area (Å²) in [6.45, 7) is 5.06. The minimum Gasteiger partial charge on any atom is -0.489 e. The number of ether oxygens (including phenoxy) is 1. The summed E-state index contributed by atoms with van der Waals surface area (Å²) in [5.74, 6) is 0.622. The lowest BCUT2D eigenvalue weighted by atomic mass is 10.1. The maximum atomic E-state index is 12.6. The van der Waals surface area contributed by atoms with Crippen LogP contribution in [0.1, 0.15) is 31.9 Å². The Morgan fingerprint density at radius 3 is 2.71 bits per heavy atom. The largest absolute Gasteiger partial charge is 0.489 e. The number of aryl methyl sites for hydroxylation is 2. The van der Waals surface area contributed by atoms with Crippen LogP contribution in [0.25, 0.3) is 0 Å². The molecule has 4 rings (SSSR count). The lowest BCUT2D eigenvalue weighted by molar-refractivity contribution is 0.103. The van der Waals surface area contributed by atoms with Crippen molar-refractivity contribution in [2.45, 2.75) is 27.0 Å². The molecule has 4 aromatic rings. The second kappa shape index (κ2) is 9.37. The van der Waals surface area contributed by atoms with E-state index in [0.29, 0.717) is 28.7 Å². The number of anilines is 1. The van der Waals surface area contributed by atoms with Crippen LogP contribution < -0.4 is 10.1 Å². The summed E-state index contributed by atoms with van der Waals surface area (Å²) in [7, 11) is 0. The van der Waals surface area contributed by atoms with E-state index < -0.39 is 0 Å². The van der Waals surface area contributed by atoms with Gasteiger partial charge >= 0.3 is 0 Å². The number of carbonyl (C=O) groups excluding carboxylic acids is 1. The Bertz CT molecular complexity index is 1200. The molecule has 0 aliphatic heterocycles. The monoisotopic (exact) mass is 451 g/mol. The Hall–Kier alpha value is -3.09. The molecule has 0 fully saturated rings. The van der Waals surface area contributed by atoms with E-state index in [1.807, 2.05) is 41.4 Å². The Morgan fingerprint density at radius 1 is 1.13 bits per heavy atom. The van der Waals surface area contributed by atoms with Gasteiger partial charge in [0.05, 0.1) is 23.3 Å². The van der Waals surface area contributed by atoms with Crippen LogP contribution in [-0.4, -0.2) is 15.7 Å². The molecule has 7 heteroatoms. The highest BCUT2D eigenvalue weighted by molar-refractivity contribution is 7.12. The molecule has 0 radical (unpaired) electrons. The molecule has 0 saturated heterocycles. The van der Waals surface area contributed by atoms with Crippen molar-refractivity contribution in [3.05, 3.63) is 98.5 Å². The second-order valence-electron chi connectivity index (χ2n) is 7.38. The highest BCUT2D eigenvalue weighted by Crippen LogP contribution is 2.24. The Kier molecular flexibility index (Phi) is 6.39. The maximum Gasteiger partial charge on any atom is 0.265 e. The molecule has 0 unspecified atom stereocenters. The van der Waals surface area contributed by atoms with E-state index in [1.54, 1.807) is 12.3 Å². The van der Waals surface area contributed by atoms with Crippen molar-refractivity contribution in [1.82, 2.24) is 9.78 Å². The predicted octanol–water partition coefficient (Wildman–Crippen LogP) is 6.09. The summed E-state index contributed by atoms with van der Waals surface area (Å²) >= 11 is 7.37. The zero-order valence-corrected chi connectivity index (χ0v) is 18.8. The van der Waals surface area contributed by atoms with Crippen LogP contribution in [0.5, 0.6) is 5.75 Å². The smallest absolute Gasteiger partial charge is 0.265 e. The van der Waals surface area contributed by atoms with Crippen molar-refractivity contribution in [3.8, 4) is 5.75 Å². The van der Waals surface area contributed by atoms with Crippen molar-refractivity contribution >= 4 is 34.5 Å². The van der Waals surface area contributed by atoms with E-state index in [2.05, 4.69) is 41.6 Å². The van der Waals surface area contributed by atoms with Crippen molar-refractivity contribution in [2.75, 3.05) is 5.32 Å². The first-order chi connectivity index (χ1) is 15.0. The molecule has 0 aliphatic carbocycles. The fourth-order valence-electron chi connectivity index (χ4n) is 3.09. The van der Waals surface area contributed by atoms with Crippen LogP contribution in [0.15, 0.2) is 66.3 Å². The minimum absolute atomic E-state index is 0.159. The van der Waals surface area contributed by atoms with Gasteiger partial charge in [-0.2, -0.15) is 5.10 Å². The molecule has 1 N–H and O–H groups in total. The standard InChI is InChI=1S/C24H22ClN3O2S/c1-16-3-5-18(6-4-16)12-28-13-21(11-26-28)27-24(29)23-10-19(15-31-23)14-30-22-8-7-20(25)9-17(22)2/h3-11,13,15H,12,14H2,1-2H3,(H,27,29). The van der Waals surface area contributed by atoms with E-state index in [0.717, 1.165) is 22.4 Å². The number of carbonyl (C=O) groups is 1. The number of thiophene rings is 1. The van der Waals surface area contributed by atoms with Gasteiger partial charge < -0.3 is 10.1 Å². The first-order valence-electron chi connectivity index (χ1n) is 9.82. The van der Waals surface area contributed by atoms with Crippen molar-refractivity contribution in [1.29, 1.82) is 0 Å². The predicted molar refractivity (Wildman–Crippen MR) is 125 cm³/mol. The summed E-state index contributed by atoms with van der Waals surface area (Å²) < 4.78 is 7.67. The van der Waals surface area contributed by atoms with Crippen LogP contribution in [0.4, 0.5) is 5.69 Å². The van der Waals surface area contributed by atoms with E-state index >= 15 is 0 Å². The highest BCUT2D eigenvalue weighted by Gasteiger charge is 2.12. The van der Waals surface area contributed by atoms with Crippen LogP contribution >= 0.6 is 22.9 Å². The third-order valence-electron chi connectivity index (χ3n) is 4.77. The van der Waals surface area contributed by atoms with Crippen LogP contribution in [0.2, 0.25) is 5.02 Å². The SMILES string of the molecule is Cc1ccc(Cn2cc(NC(=O)c3cc(COc4ccc(Cl)cc4C)cs3)cn2)cc1. The van der Waals surface area contributed by atoms with Gasteiger partial charge in [0.2, 0.25) is 0 Å². The van der Waals surface area contributed by atoms with Crippen LogP contribution in [-0.2, 0) is 13.2 Å². The summed E-state index contributed by atoms with van der Waals surface area (Å²) in [4.78, 5) is 13.2. The number of nitrogens with zero attached hydrogens (tertiary/aromatic N) is 2. The number of nitrogens with one attached hydrogen (secondary N) is 1. The molecule has 2 aromatic carbocycles. The maximum absolute atomic E-state index is 12.6. The Morgan fingerprint density at radius 2 is 1.94 bits per heavy atom.